The number of aliphatic carboxylic acids is 1. The first kappa shape index (κ1) is 36.4. The number of para-hydroxylation sites is 2. The fourth-order valence-electron chi connectivity index (χ4n) is 5.53. The molecule has 0 atom stereocenters. The molecule has 260 valence electrons. The number of hydrogen-bond acceptors (Lipinski definition) is 8. The number of benzene rings is 2. The second kappa shape index (κ2) is 14.0. The summed E-state index contributed by atoms with van der Waals surface area (Å²) in [7, 11) is -1.11. The van der Waals surface area contributed by atoms with Crippen molar-refractivity contribution in [1.29, 1.82) is 0 Å². The number of anilines is 4. The van der Waals surface area contributed by atoms with E-state index in [0.29, 0.717) is 48.9 Å². The highest BCUT2D eigenvalue weighted by atomic mass is 31.2. The van der Waals surface area contributed by atoms with E-state index in [2.05, 4.69) is 20.6 Å². The zero-order chi connectivity index (χ0) is 35.6. The second-order valence-electron chi connectivity index (χ2n) is 11.0. The van der Waals surface area contributed by atoms with Crippen LogP contribution in [0.5, 0.6) is 5.75 Å². The number of carbonyl (C=O) groups is 2. The summed E-state index contributed by atoms with van der Waals surface area (Å²) in [6.07, 6.45) is -7.40. The third-order valence-corrected chi connectivity index (χ3v) is 9.33. The molecule has 1 saturated carbocycles. The summed E-state index contributed by atoms with van der Waals surface area (Å²) in [6, 6.07) is 10.2. The Kier molecular flexibility index (Phi) is 10.6. The van der Waals surface area contributed by atoms with Gasteiger partial charge in [0.15, 0.2) is 0 Å². The van der Waals surface area contributed by atoms with E-state index in [9.17, 15) is 45.5 Å². The lowest BCUT2D eigenvalue weighted by Crippen LogP contribution is -2.21. The number of nitrogens with one attached hydrogen (secondary N) is 2. The lowest BCUT2D eigenvalue weighted by Gasteiger charge is -2.30. The van der Waals surface area contributed by atoms with Crippen molar-refractivity contribution in [2.75, 3.05) is 24.8 Å². The van der Waals surface area contributed by atoms with Crippen molar-refractivity contribution in [2.45, 2.75) is 56.2 Å². The van der Waals surface area contributed by atoms with Crippen molar-refractivity contribution < 1.29 is 60.1 Å². The number of hydrogen-bond donors (Lipinski definition) is 5. The number of nitrogens with zero attached hydrogens (tertiary/aromatic N) is 3. The van der Waals surface area contributed by atoms with Gasteiger partial charge in [0.05, 0.1) is 29.7 Å². The standard InChI is InChI=1S/C27H29F3N5O5P.C2HF3O2/c1-35-14-18-17(15-7-9-16(10-8-15)41(37,38)39)11-12-21(23(18)25(35)36)32-24-19(27(28,29)30)13-31-26(34-24)33-20-5-3-4-6-22(20)40-2;3-2(4,5)1(6)7/h3-6,11-13,15-16H,7-10,14H2,1-2H3,(H2,37,38,39)(H2,31,32,33,34);(H,6,7). The Hall–Kier alpha value is -4.41. The average Bonchev–Trinajstić information content (AvgIpc) is 3.30. The summed E-state index contributed by atoms with van der Waals surface area (Å²) < 4.78 is 90.6. The minimum Gasteiger partial charge on any atom is -0.495 e. The molecule has 5 rings (SSSR count). The number of methoxy groups -OCH3 is 1. The van der Waals surface area contributed by atoms with Crippen LogP contribution >= 0.6 is 7.60 Å². The smallest absolute Gasteiger partial charge is 0.490 e. The molecule has 0 bridgehead atoms. The van der Waals surface area contributed by atoms with E-state index in [0.717, 1.165) is 5.56 Å². The lowest BCUT2D eigenvalue weighted by atomic mass is 9.81. The van der Waals surface area contributed by atoms with Gasteiger partial charge in [-0.15, -0.1) is 0 Å². The minimum absolute atomic E-state index is 0.0265. The number of ether oxygens (including phenoxy) is 1. The second-order valence-corrected chi connectivity index (χ2v) is 12.9. The van der Waals surface area contributed by atoms with Gasteiger partial charge in [-0.25, -0.2) is 9.78 Å². The van der Waals surface area contributed by atoms with Gasteiger partial charge < -0.3 is 35.2 Å². The van der Waals surface area contributed by atoms with Crippen LogP contribution < -0.4 is 15.4 Å². The van der Waals surface area contributed by atoms with Crippen molar-refractivity contribution >= 4 is 42.6 Å². The molecule has 0 unspecified atom stereocenters. The summed E-state index contributed by atoms with van der Waals surface area (Å²) in [5, 5.41) is 12.8. The predicted molar refractivity (Wildman–Crippen MR) is 160 cm³/mol. The Morgan fingerprint density at radius 3 is 2.19 bits per heavy atom. The van der Waals surface area contributed by atoms with Gasteiger partial charge >= 0.3 is 25.9 Å². The van der Waals surface area contributed by atoms with E-state index in [4.69, 9.17) is 14.6 Å². The van der Waals surface area contributed by atoms with Gasteiger partial charge in [-0.3, -0.25) is 9.36 Å². The van der Waals surface area contributed by atoms with Crippen molar-refractivity contribution in [3.8, 4) is 5.75 Å². The molecule has 12 nitrogen and oxygen atoms in total. The molecule has 3 aromatic rings. The highest BCUT2D eigenvalue weighted by Crippen LogP contribution is 2.51. The molecule has 0 spiro atoms. The van der Waals surface area contributed by atoms with E-state index in [1.165, 1.54) is 12.0 Å². The molecule has 48 heavy (non-hydrogen) atoms. The predicted octanol–water partition coefficient (Wildman–Crippen LogP) is 6.41. The molecule has 1 aliphatic carbocycles. The largest absolute Gasteiger partial charge is 0.495 e. The summed E-state index contributed by atoms with van der Waals surface area (Å²) in [6.45, 7) is 0.272. The van der Waals surface area contributed by atoms with Gasteiger partial charge in [0.2, 0.25) is 5.95 Å². The van der Waals surface area contributed by atoms with E-state index >= 15 is 0 Å². The summed E-state index contributed by atoms with van der Waals surface area (Å²) in [5.41, 5.74) is 0.658. The number of fused-ring (bicyclic) bond motifs is 1. The number of aromatic nitrogens is 2. The Bertz CT molecular complexity index is 1730. The van der Waals surface area contributed by atoms with Crippen LogP contribution in [0.1, 0.15) is 58.6 Å². The van der Waals surface area contributed by atoms with Gasteiger partial charge in [0.25, 0.3) is 5.91 Å². The molecule has 2 aromatic carbocycles. The molecule has 1 aromatic heterocycles. The molecular formula is C29H30F6N5O7P. The van der Waals surface area contributed by atoms with Crippen LogP contribution in [-0.2, 0) is 22.1 Å². The molecule has 19 heteroatoms. The van der Waals surface area contributed by atoms with Crippen LogP contribution in [0.15, 0.2) is 42.6 Å². The third kappa shape index (κ3) is 8.35. The summed E-state index contributed by atoms with van der Waals surface area (Å²) in [5.74, 6) is -3.31. The number of alkyl halides is 6. The zero-order valence-corrected chi connectivity index (χ0v) is 26.2. The molecule has 2 aliphatic rings. The normalized spacial score (nSPS) is 18.0. The Labute approximate surface area is 269 Å². The van der Waals surface area contributed by atoms with Gasteiger partial charge in [0, 0.05) is 19.8 Å². The highest BCUT2D eigenvalue weighted by Gasteiger charge is 2.39. The van der Waals surface area contributed by atoms with Crippen LogP contribution in [0.25, 0.3) is 0 Å². The first-order valence-corrected chi connectivity index (χ1v) is 15.9. The van der Waals surface area contributed by atoms with Crippen LogP contribution in [0.3, 0.4) is 0 Å². The third-order valence-electron chi connectivity index (χ3n) is 7.86. The summed E-state index contributed by atoms with van der Waals surface area (Å²) >= 11 is 0. The Balaban J connectivity index is 0.000000671. The van der Waals surface area contributed by atoms with Crippen LogP contribution in [0.2, 0.25) is 0 Å². The molecule has 0 radical (unpaired) electrons. The first-order chi connectivity index (χ1) is 22.3. The average molecular weight is 706 g/mol. The van der Waals surface area contributed by atoms with Crippen LogP contribution in [0, 0.1) is 0 Å². The van der Waals surface area contributed by atoms with Crippen LogP contribution in [-0.4, -0.2) is 67.6 Å². The fraction of sp³-hybridized carbons (Fsp3) is 0.379. The van der Waals surface area contributed by atoms with Crippen molar-refractivity contribution in [1.82, 2.24) is 14.9 Å². The van der Waals surface area contributed by atoms with Crippen molar-refractivity contribution in [2.24, 2.45) is 0 Å². The number of carboxylic acids is 1. The molecule has 1 amide bonds. The van der Waals surface area contributed by atoms with Gasteiger partial charge in [-0.1, -0.05) is 18.2 Å². The number of carboxylic acid groups (broad SMARTS) is 1. The molecule has 5 N–H and O–H groups in total. The van der Waals surface area contributed by atoms with E-state index in [1.807, 2.05) is 0 Å². The molecule has 0 saturated heterocycles. The SMILES string of the molecule is COc1ccccc1Nc1ncc(C(F)(F)F)c(Nc2ccc(C3CCC(P(=O)(O)O)CC3)c3c2C(=O)N(C)C3)n1.O=C(O)C(F)(F)F. The monoisotopic (exact) mass is 705 g/mol. The number of halogens is 6. The first-order valence-electron chi connectivity index (χ1n) is 14.2. The van der Waals surface area contributed by atoms with Gasteiger partial charge in [-0.05, 0) is 60.9 Å². The number of carbonyl (C=O) groups excluding carboxylic acids is 1. The molecule has 2 heterocycles. The van der Waals surface area contributed by atoms with E-state index in [1.54, 1.807) is 43.4 Å². The minimum atomic E-state index is -5.08. The maximum Gasteiger partial charge on any atom is 0.490 e. The zero-order valence-electron chi connectivity index (χ0n) is 25.3. The maximum atomic E-state index is 14.0. The molecule has 1 aliphatic heterocycles. The van der Waals surface area contributed by atoms with Gasteiger partial charge in [-0.2, -0.15) is 31.3 Å². The quantitative estimate of drug-likeness (QED) is 0.136. The Morgan fingerprint density at radius 1 is 1.00 bits per heavy atom. The van der Waals surface area contributed by atoms with Crippen molar-refractivity contribution in [3.05, 3.63) is 64.8 Å². The van der Waals surface area contributed by atoms with Gasteiger partial charge in [0.1, 0.15) is 17.1 Å². The van der Waals surface area contributed by atoms with E-state index in [-0.39, 0.29) is 35.6 Å². The molecule has 1 fully saturated rings. The topological polar surface area (TPSA) is 174 Å². The number of rotatable bonds is 7. The highest BCUT2D eigenvalue weighted by molar-refractivity contribution is 7.52. The summed E-state index contributed by atoms with van der Waals surface area (Å²) in [4.78, 5) is 50.6. The molecular weight excluding hydrogens is 675 g/mol. The number of amides is 1. The Morgan fingerprint density at radius 2 is 1.62 bits per heavy atom. The van der Waals surface area contributed by atoms with Crippen LogP contribution in [0.4, 0.5) is 49.5 Å². The lowest BCUT2D eigenvalue weighted by molar-refractivity contribution is -0.192. The maximum absolute atomic E-state index is 14.0. The fourth-order valence-corrected chi connectivity index (χ4v) is 6.50. The van der Waals surface area contributed by atoms with E-state index < -0.39 is 43.0 Å². The van der Waals surface area contributed by atoms with Crippen molar-refractivity contribution in [3.63, 3.8) is 0 Å².